The number of rotatable bonds is 0. The number of piperidine rings is 1. The predicted octanol–water partition coefficient (Wildman–Crippen LogP) is 0.404. The summed E-state index contributed by atoms with van der Waals surface area (Å²) in [5, 5.41) is 11.7. The third kappa shape index (κ3) is 0.317. The molecule has 0 aromatic carbocycles. The molecule has 0 aromatic heterocycles. The fourth-order valence-corrected chi connectivity index (χ4v) is 1.59. The molecule has 8 heavy (non-hydrogen) atoms. The fraction of sp³-hybridized carbons (Fsp3) is 0.833. The van der Waals surface area contributed by atoms with Gasteiger partial charge in [-0.2, -0.15) is 5.26 Å². The van der Waals surface area contributed by atoms with Gasteiger partial charge in [0.15, 0.2) is 0 Å². The monoisotopic (exact) mass is 108 g/mol. The first kappa shape index (κ1) is 4.34. The summed E-state index contributed by atoms with van der Waals surface area (Å²) in [7, 11) is 0. The summed E-state index contributed by atoms with van der Waals surface area (Å²) in [5.74, 6) is 0. The lowest BCUT2D eigenvalue weighted by atomic mass is 10.1. The van der Waals surface area contributed by atoms with E-state index in [1.54, 1.807) is 0 Å². The standard InChI is InChI=1S/C6H8N2/c7-4-6-3-1-2-5(6)8-6/h5,8H,1-3H2. The third-order valence-corrected chi connectivity index (χ3v) is 2.21. The molecular weight excluding hydrogens is 100 g/mol. The normalized spacial score (nSPS) is 50.1. The summed E-state index contributed by atoms with van der Waals surface area (Å²) in [6.45, 7) is 0. The zero-order valence-corrected chi connectivity index (χ0v) is 4.65. The Hall–Kier alpha value is -0.550. The molecule has 2 heteroatoms. The lowest BCUT2D eigenvalue weighted by Gasteiger charge is -1.92. The van der Waals surface area contributed by atoms with Gasteiger partial charge in [0.05, 0.1) is 6.07 Å². The van der Waals surface area contributed by atoms with E-state index in [2.05, 4.69) is 11.4 Å². The van der Waals surface area contributed by atoms with Crippen LogP contribution < -0.4 is 5.32 Å². The van der Waals surface area contributed by atoms with Gasteiger partial charge in [0.2, 0.25) is 0 Å². The molecule has 2 unspecified atom stereocenters. The van der Waals surface area contributed by atoms with Gasteiger partial charge in [0.25, 0.3) is 0 Å². The van der Waals surface area contributed by atoms with Crippen molar-refractivity contribution in [3.8, 4) is 6.07 Å². The van der Waals surface area contributed by atoms with Crippen LogP contribution in [-0.2, 0) is 0 Å². The van der Waals surface area contributed by atoms with Crippen LogP contribution in [0, 0.1) is 11.3 Å². The van der Waals surface area contributed by atoms with E-state index >= 15 is 0 Å². The Morgan fingerprint density at radius 1 is 1.75 bits per heavy atom. The Morgan fingerprint density at radius 3 is 2.88 bits per heavy atom. The third-order valence-electron chi connectivity index (χ3n) is 2.21. The maximum atomic E-state index is 8.55. The van der Waals surface area contributed by atoms with E-state index < -0.39 is 0 Å². The zero-order valence-electron chi connectivity index (χ0n) is 4.65. The molecule has 1 N–H and O–H groups in total. The van der Waals surface area contributed by atoms with Crippen molar-refractivity contribution in [3.05, 3.63) is 0 Å². The highest BCUT2D eigenvalue weighted by Crippen LogP contribution is 2.41. The molecule has 0 bridgehead atoms. The summed E-state index contributed by atoms with van der Waals surface area (Å²) in [4.78, 5) is 0. The highest BCUT2D eigenvalue weighted by Gasteiger charge is 2.57. The molecule has 2 rings (SSSR count). The second kappa shape index (κ2) is 1.06. The van der Waals surface area contributed by atoms with Gasteiger partial charge in [0, 0.05) is 6.04 Å². The number of hydrogen-bond donors (Lipinski definition) is 1. The Morgan fingerprint density at radius 2 is 2.62 bits per heavy atom. The van der Waals surface area contributed by atoms with E-state index in [-0.39, 0.29) is 5.54 Å². The molecule has 1 saturated carbocycles. The number of nitriles is 1. The summed E-state index contributed by atoms with van der Waals surface area (Å²) in [6.07, 6.45) is 3.53. The number of nitrogens with zero attached hydrogens (tertiary/aromatic N) is 1. The second-order valence-corrected chi connectivity index (χ2v) is 2.67. The lowest BCUT2D eigenvalue weighted by Crippen LogP contribution is -2.08. The van der Waals surface area contributed by atoms with Crippen LogP contribution in [0.4, 0.5) is 0 Å². The average molecular weight is 108 g/mol. The highest BCUT2D eigenvalue weighted by atomic mass is 15.2. The first-order valence-electron chi connectivity index (χ1n) is 3.06. The molecule has 2 aliphatic rings. The van der Waals surface area contributed by atoms with Gasteiger partial charge in [-0.25, -0.2) is 0 Å². The number of fused-ring (bicyclic) bond motifs is 1. The fourth-order valence-electron chi connectivity index (χ4n) is 1.59. The van der Waals surface area contributed by atoms with E-state index in [0.29, 0.717) is 6.04 Å². The molecule has 42 valence electrons. The van der Waals surface area contributed by atoms with Gasteiger partial charge in [-0.15, -0.1) is 0 Å². The van der Waals surface area contributed by atoms with Crippen LogP contribution in [0.5, 0.6) is 0 Å². The smallest absolute Gasteiger partial charge is 0.122 e. The summed E-state index contributed by atoms with van der Waals surface area (Å²) in [6, 6.07) is 2.87. The molecule has 0 radical (unpaired) electrons. The maximum absolute atomic E-state index is 8.55. The van der Waals surface area contributed by atoms with Crippen LogP contribution in [-0.4, -0.2) is 11.6 Å². The first-order valence-corrected chi connectivity index (χ1v) is 3.06. The molecule has 0 spiro atoms. The van der Waals surface area contributed by atoms with Crippen molar-refractivity contribution in [1.29, 1.82) is 5.26 Å². The summed E-state index contributed by atoms with van der Waals surface area (Å²) < 4.78 is 0. The molecule has 2 nitrogen and oxygen atoms in total. The molecule has 0 aromatic rings. The van der Waals surface area contributed by atoms with E-state index in [1.165, 1.54) is 12.8 Å². The van der Waals surface area contributed by atoms with Crippen molar-refractivity contribution in [2.75, 3.05) is 0 Å². The van der Waals surface area contributed by atoms with Crippen molar-refractivity contribution in [2.45, 2.75) is 30.8 Å². The van der Waals surface area contributed by atoms with Crippen LogP contribution >= 0.6 is 0 Å². The minimum Gasteiger partial charge on any atom is -0.292 e. The molecule has 1 heterocycles. The van der Waals surface area contributed by atoms with Gasteiger partial charge >= 0.3 is 0 Å². The second-order valence-electron chi connectivity index (χ2n) is 2.67. The van der Waals surface area contributed by atoms with Gasteiger partial charge in [-0.3, -0.25) is 5.32 Å². The van der Waals surface area contributed by atoms with Crippen LogP contribution in [0.25, 0.3) is 0 Å². The van der Waals surface area contributed by atoms with E-state index in [4.69, 9.17) is 5.26 Å². The molecule has 1 aliphatic heterocycles. The maximum Gasteiger partial charge on any atom is 0.122 e. The van der Waals surface area contributed by atoms with Crippen molar-refractivity contribution >= 4 is 0 Å². The molecule has 2 fully saturated rings. The minimum absolute atomic E-state index is 0.0417. The topological polar surface area (TPSA) is 45.7 Å². The van der Waals surface area contributed by atoms with E-state index in [0.717, 1.165) is 6.42 Å². The Balaban J connectivity index is 2.22. The first-order chi connectivity index (χ1) is 3.87. The zero-order chi connectivity index (χ0) is 5.61. The van der Waals surface area contributed by atoms with Gasteiger partial charge in [0.1, 0.15) is 5.54 Å². The quantitative estimate of drug-likeness (QED) is 0.457. The number of nitrogens with one attached hydrogen (secondary N) is 1. The lowest BCUT2D eigenvalue weighted by molar-refractivity contribution is 0.693. The molecule has 2 atom stereocenters. The van der Waals surface area contributed by atoms with Crippen molar-refractivity contribution in [2.24, 2.45) is 0 Å². The summed E-state index contributed by atoms with van der Waals surface area (Å²) >= 11 is 0. The highest BCUT2D eigenvalue weighted by molar-refractivity contribution is 5.29. The Bertz CT molecular complexity index is 158. The van der Waals surface area contributed by atoms with Crippen LogP contribution in [0.3, 0.4) is 0 Å². The molecular formula is C6H8N2. The Labute approximate surface area is 48.5 Å². The molecule has 0 amide bonds. The van der Waals surface area contributed by atoms with E-state index in [9.17, 15) is 0 Å². The van der Waals surface area contributed by atoms with Crippen LogP contribution in [0.1, 0.15) is 19.3 Å². The van der Waals surface area contributed by atoms with Gasteiger partial charge in [-0.1, -0.05) is 0 Å². The average Bonchev–Trinajstić information content (AvgIpc) is 2.38. The Kier molecular flexibility index (Phi) is 0.575. The largest absolute Gasteiger partial charge is 0.292 e. The summed E-state index contributed by atoms with van der Waals surface area (Å²) in [5.41, 5.74) is -0.0417. The number of hydrogen-bond acceptors (Lipinski definition) is 2. The minimum atomic E-state index is -0.0417. The van der Waals surface area contributed by atoms with Crippen molar-refractivity contribution < 1.29 is 0 Å². The van der Waals surface area contributed by atoms with Crippen molar-refractivity contribution in [3.63, 3.8) is 0 Å². The van der Waals surface area contributed by atoms with Crippen LogP contribution in [0.2, 0.25) is 0 Å². The van der Waals surface area contributed by atoms with Crippen molar-refractivity contribution in [1.82, 2.24) is 5.32 Å². The predicted molar refractivity (Wildman–Crippen MR) is 29.1 cm³/mol. The van der Waals surface area contributed by atoms with Gasteiger partial charge < -0.3 is 0 Å². The SMILES string of the molecule is N#CC12CCCC1N2. The van der Waals surface area contributed by atoms with Crippen LogP contribution in [0.15, 0.2) is 0 Å². The van der Waals surface area contributed by atoms with E-state index in [1.807, 2.05) is 0 Å². The molecule has 1 aliphatic carbocycles. The van der Waals surface area contributed by atoms with Gasteiger partial charge in [-0.05, 0) is 19.3 Å². The molecule has 1 saturated heterocycles.